The Morgan fingerprint density at radius 2 is 2.22 bits per heavy atom. The molecule has 0 saturated heterocycles. The molecule has 3 nitrogen and oxygen atoms in total. The van der Waals surface area contributed by atoms with Gasteiger partial charge in [0.05, 0.1) is 0 Å². The molecule has 1 aromatic heterocycles. The van der Waals surface area contributed by atoms with Gasteiger partial charge in [0, 0.05) is 16.7 Å². The molecule has 1 heterocycles. The third kappa shape index (κ3) is 3.31. The fourth-order valence-electron chi connectivity index (χ4n) is 2.64. The summed E-state index contributed by atoms with van der Waals surface area (Å²) in [5.41, 5.74) is 0.499. The minimum absolute atomic E-state index is 0.0483. The van der Waals surface area contributed by atoms with Gasteiger partial charge in [-0.3, -0.25) is 4.79 Å². The molecule has 2 unspecified atom stereocenters. The van der Waals surface area contributed by atoms with Crippen LogP contribution in [0, 0.1) is 5.92 Å². The van der Waals surface area contributed by atoms with E-state index in [2.05, 4.69) is 33.2 Å². The van der Waals surface area contributed by atoms with Gasteiger partial charge >= 0.3 is 0 Å². The van der Waals surface area contributed by atoms with Gasteiger partial charge in [0.2, 0.25) is 0 Å². The van der Waals surface area contributed by atoms with Crippen LogP contribution in [0.5, 0.6) is 0 Å². The lowest BCUT2D eigenvalue weighted by Gasteiger charge is -2.31. The second-order valence-corrected chi connectivity index (χ2v) is 5.81. The minimum Gasteiger partial charge on any atom is -0.348 e. The molecule has 1 aliphatic carbocycles. The van der Waals surface area contributed by atoms with Crippen molar-refractivity contribution in [1.82, 2.24) is 10.3 Å². The number of carbonyl (C=O) groups excluding carboxylic acids is 1. The molecule has 1 amide bonds. The van der Waals surface area contributed by atoms with Crippen LogP contribution in [0.3, 0.4) is 0 Å². The summed E-state index contributed by atoms with van der Waals surface area (Å²) >= 11 is 3.32. The maximum absolute atomic E-state index is 12.1. The van der Waals surface area contributed by atoms with Gasteiger partial charge in [-0.2, -0.15) is 0 Å². The third-order valence-corrected chi connectivity index (χ3v) is 4.18. The van der Waals surface area contributed by atoms with Crippen molar-refractivity contribution in [3.63, 3.8) is 0 Å². The van der Waals surface area contributed by atoms with Gasteiger partial charge < -0.3 is 5.32 Å². The zero-order chi connectivity index (χ0) is 13.0. The van der Waals surface area contributed by atoms with Crippen LogP contribution in [0.15, 0.2) is 22.8 Å². The first-order chi connectivity index (χ1) is 8.70. The van der Waals surface area contributed by atoms with E-state index in [-0.39, 0.29) is 5.91 Å². The zero-order valence-corrected chi connectivity index (χ0v) is 12.2. The van der Waals surface area contributed by atoms with Crippen molar-refractivity contribution in [3.05, 3.63) is 28.5 Å². The first-order valence-corrected chi connectivity index (χ1v) is 7.42. The Kier molecular flexibility index (Phi) is 4.75. The van der Waals surface area contributed by atoms with Crippen molar-refractivity contribution in [3.8, 4) is 0 Å². The van der Waals surface area contributed by atoms with Gasteiger partial charge in [-0.1, -0.05) is 26.2 Å². The average molecular weight is 311 g/mol. The summed E-state index contributed by atoms with van der Waals surface area (Å²) in [7, 11) is 0. The van der Waals surface area contributed by atoms with E-state index in [1.807, 2.05) is 6.07 Å². The van der Waals surface area contributed by atoms with Crippen molar-refractivity contribution in [2.24, 2.45) is 5.92 Å². The van der Waals surface area contributed by atoms with Gasteiger partial charge in [0.15, 0.2) is 0 Å². The molecule has 2 atom stereocenters. The highest BCUT2D eigenvalue weighted by atomic mass is 79.9. The van der Waals surface area contributed by atoms with Crippen molar-refractivity contribution in [2.75, 3.05) is 0 Å². The summed E-state index contributed by atoms with van der Waals surface area (Å²) in [6.45, 7) is 2.20. The zero-order valence-electron chi connectivity index (χ0n) is 10.7. The molecule has 1 aromatic rings. The van der Waals surface area contributed by atoms with E-state index in [4.69, 9.17) is 0 Å². The Morgan fingerprint density at radius 3 is 2.89 bits per heavy atom. The van der Waals surface area contributed by atoms with Crippen LogP contribution < -0.4 is 5.32 Å². The van der Waals surface area contributed by atoms with E-state index < -0.39 is 0 Å². The number of aromatic nitrogens is 1. The predicted molar refractivity (Wildman–Crippen MR) is 75.4 cm³/mol. The summed E-state index contributed by atoms with van der Waals surface area (Å²) in [6.07, 6.45) is 7.64. The summed E-state index contributed by atoms with van der Waals surface area (Å²) < 4.78 is 0.892. The number of nitrogens with zero attached hydrogens (tertiary/aromatic N) is 1. The van der Waals surface area contributed by atoms with Crippen LogP contribution in [-0.2, 0) is 0 Å². The first-order valence-electron chi connectivity index (χ1n) is 6.63. The normalized spacial score (nSPS) is 23.7. The van der Waals surface area contributed by atoms with Crippen molar-refractivity contribution < 1.29 is 4.79 Å². The Balaban J connectivity index is 1.99. The average Bonchev–Trinajstić information content (AvgIpc) is 2.40. The van der Waals surface area contributed by atoms with E-state index >= 15 is 0 Å². The molecule has 0 radical (unpaired) electrons. The van der Waals surface area contributed by atoms with Crippen LogP contribution in [0.4, 0.5) is 0 Å². The van der Waals surface area contributed by atoms with Crippen molar-refractivity contribution in [2.45, 2.75) is 45.1 Å². The smallest absolute Gasteiger partial charge is 0.270 e. The second kappa shape index (κ2) is 6.32. The van der Waals surface area contributed by atoms with Crippen LogP contribution in [0.2, 0.25) is 0 Å². The Labute approximate surface area is 117 Å². The van der Waals surface area contributed by atoms with Gasteiger partial charge in [-0.05, 0) is 46.8 Å². The molecule has 4 heteroatoms. The van der Waals surface area contributed by atoms with Crippen LogP contribution in [-0.4, -0.2) is 16.9 Å². The molecule has 0 spiro atoms. The number of amides is 1. The Morgan fingerprint density at radius 1 is 1.44 bits per heavy atom. The molecule has 1 saturated carbocycles. The third-order valence-electron chi connectivity index (χ3n) is 3.71. The summed E-state index contributed by atoms with van der Waals surface area (Å²) in [4.78, 5) is 16.2. The molecule has 1 N–H and O–H groups in total. The maximum Gasteiger partial charge on any atom is 0.270 e. The molecule has 0 aliphatic heterocycles. The lowest BCUT2D eigenvalue weighted by atomic mass is 9.83. The Hall–Kier alpha value is -0.900. The van der Waals surface area contributed by atoms with Gasteiger partial charge in [0.25, 0.3) is 5.91 Å². The number of rotatable bonds is 3. The fraction of sp³-hybridized carbons (Fsp3) is 0.571. The number of halogens is 1. The predicted octanol–water partition coefficient (Wildman–Crippen LogP) is 3.54. The van der Waals surface area contributed by atoms with Gasteiger partial charge in [-0.15, -0.1) is 0 Å². The molecule has 2 rings (SSSR count). The molecule has 18 heavy (non-hydrogen) atoms. The summed E-state index contributed by atoms with van der Waals surface area (Å²) in [6, 6.07) is 3.92. The van der Waals surface area contributed by atoms with E-state index in [9.17, 15) is 4.79 Å². The second-order valence-electron chi connectivity index (χ2n) is 4.89. The number of hydrogen-bond donors (Lipinski definition) is 1. The largest absolute Gasteiger partial charge is 0.348 e. The topological polar surface area (TPSA) is 42.0 Å². The molecule has 0 bridgehead atoms. The molecular formula is C14H19BrN2O. The molecular weight excluding hydrogens is 292 g/mol. The molecule has 1 aliphatic rings. The quantitative estimate of drug-likeness (QED) is 0.927. The molecule has 0 aromatic carbocycles. The van der Waals surface area contributed by atoms with Crippen LogP contribution in [0.25, 0.3) is 0 Å². The first kappa shape index (κ1) is 13.5. The number of carbonyl (C=O) groups is 1. The highest BCUT2D eigenvalue weighted by Gasteiger charge is 2.25. The summed E-state index contributed by atoms with van der Waals surface area (Å²) in [5, 5.41) is 3.14. The SMILES string of the molecule is CCC1CCCCC1NC(=O)c1ccc(Br)cn1. The van der Waals surface area contributed by atoms with Crippen molar-refractivity contribution >= 4 is 21.8 Å². The van der Waals surface area contributed by atoms with Crippen molar-refractivity contribution in [1.29, 1.82) is 0 Å². The molecule has 98 valence electrons. The van der Waals surface area contributed by atoms with Crippen LogP contribution >= 0.6 is 15.9 Å². The highest BCUT2D eigenvalue weighted by Crippen LogP contribution is 2.26. The van der Waals surface area contributed by atoms with Crippen LogP contribution in [0.1, 0.15) is 49.5 Å². The standard InChI is InChI=1S/C14H19BrN2O/c1-2-10-5-3-4-6-12(10)17-14(18)13-8-7-11(15)9-16-13/h7-10,12H,2-6H2,1H3,(H,17,18). The number of nitrogens with one attached hydrogen (secondary N) is 1. The van der Waals surface area contributed by atoms with E-state index in [0.717, 1.165) is 17.3 Å². The highest BCUT2D eigenvalue weighted by molar-refractivity contribution is 9.10. The van der Waals surface area contributed by atoms with E-state index in [0.29, 0.717) is 17.7 Å². The maximum atomic E-state index is 12.1. The number of hydrogen-bond acceptors (Lipinski definition) is 2. The van der Waals surface area contributed by atoms with Gasteiger partial charge in [0.1, 0.15) is 5.69 Å². The lowest BCUT2D eigenvalue weighted by molar-refractivity contribution is 0.0899. The monoisotopic (exact) mass is 310 g/mol. The number of pyridine rings is 1. The minimum atomic E-state index is -0.0483. The lowest BCUT2D eigenvalue weighted by Crippen LogP contribution is -2.42. The van der Waals surface area contributed by atoms with E-state index in [1.165, 1.54) is 19.3 Å². The van der Waals surface area contributed by atoms with E-state index in [1.54, 1.807) is 12.3 Å². The molecule has 1 fully saturated rings. The fourth-order valence-corrected chi connectivity index (χ4v) is 2.87. The van der Waals surface area contributed by atoms with Gasteiger partial charge in [-0.25, -0.2) is 4.98 Å². The summed E-state index contributed by atoms with van der Waals surface area (Å²) in [5.74, 6) is 0.575. The Bertz CT molecular complexity index is 405.